The van der Waals surface area contributed by atoms with Gasteiger partial charge in [0.2, 0.25) is 5.91 Å². The van der Waals surface area contributed by atoms with Crippen LogP contribution in [0.3, 0.4) is 0 Å². The minimum absolute atomic E-state index is 0.116. The molecule has 0 fully saturated rings. The average molecular weight is 200 g/mol. The zero-order valence-electron chi connectivity index (χ0n) is 9.73. The number of rotatable bonds is 8. The van der Waals surface area contributed by atoms with Crippen molar-refractivity contribution in [3.63, 3.8) is 0 Å². The molecule has 0 aliphatic heterocycles. The monoisotopic (exact) mass is 200 g/mol. The standard InChI is InChI=1S/C11H24N2O/c1-4-7-12-9-11(14)13-8-10(5-2)6-3/h10,12H,4-9H2,1-3H3,(H,13,14). The van der Waals surface area contributed by atoms with E-state index in [1.807, 2.05) is 0 Å². The second-order valence-electron chi connectivity index (χ2n) is 3.66. The van der Waals surface area contributed by atoms with E-state index in [1.54, 1.807) is 0 Å². The normalized spacial score (nSPS) is 10.6. The van der Waals surface area contributed by atoms with Gasteiger partial charge < -0.3 is 10.6 Å². The topological polar surface area (TPSA) is 41.1 Å². The first-order valence-electron chi connectivity index (χ1n) is 5.71. The summed E-state index contributed by atoms with van der Waals surface area (Å²) in [5, 5.41) is 6.02. The van der Waals surface area contributed by atoms with Crippen molar-refractivity contribution in [2.24, 2.45) is 5.92 Å². The summed E-state index contributed by atoms with van der Waals surface area (Å²) in [4.78, 5) is 11.3. The Morgan fingerprint density at radius 1 is 1.21 bits per heavy atom. The van der Waals surface area contributed by atoms with E-state index in [0.29, 0.717) is 12.5 Å². The molecular formula is C11H24N2O. The quantitative estimate of drug-likeness (QED) is 0.584. The molecule has 14 heavy (non-hydrogen) atoms. The van der Waals surface area contributed by atoms with Gasteiger partial charge in [0, 0.05) is 6.54 Å². The van der Waals surface area contributed by atoms with E-state index in [1.165, 1.54) is 0 Å². The molecule has 0 spiro atoms. The Morgan fingerprint density at radius 3 is 2.36 bits per heavy atom. The van der Waals surface area contributed by atoms with Gasteiger partial charge in [-0.05, 0) is 18.9 Å². The van der Waals surface area contributed by atoms with Crippen molar-refractivity contribution < 1.29 is 4.79 Å². The molecule has 0 saturated heterocycles. The Morgan fingerprint density at radius 2 is 1.86 bits per heavy atom. The Balaban J connectivity index is 3.42. The van der Waals surface area contributed by atoms with E-state index >= 15 is 0 Å². The van der Waals surface area contributed by atoms with Crippen molar-refractivity contribution in [2.45, 2.75) is 40.0 Å². The van der Waals surface area contributed by atoms with E-state index < -0.39 is 0 Å². The molecule has 0 aliphatic carbocycles. The van der Waals surface area contributed by atoms with Gasteiger partial charge in [0.1, 0.15) is 0 Å². The Hall–Kier alpha value is -0.570. The fourth-order valence-electron chi connectivity index (χ4n) is 1.28. The maximum atomic E-state index is 11.3. The molecule has 0 bridgehead atoms. The van der Waals surface area contributed by atoms with Gasteiger partial charge in [0.25, 0.3) is 0 Å². The van der Waals surface area contributed by atoms with Crippen LogP contribution < -0.4 is 10.6 Å². The lowest BCUT2D eigenvalue weighted by molar-refractivity contribution is -0.120. The molecule has 0 aliphatic rings. The molecule has 0 aromatic rings. The van der Waals surface area contributed by atoms with Gasteiger partial charge in [-0.25, -0.2) is 0 Å². The molecule has 0 saturated carbocycles. The largest absolute Gasteiger partial charge is 0.355 e. The Kier molecular flexibility index (Phi) is 8.64. The first-order valence-corrected chi connectivity index (χ1v) is 5.71. The van der Waals surface area contributed by atoms with Crippen molar-refractivity contribution >= 4 is 5.91 Å². The van der Waals surface area contributed by atoms with Gasteiger partial charge in [-0.3, -0.25) is 4.79 Å². The van der Waals surface area contributed by atoms with Crippen LogP contribution in [0.2, 0.25) is 0 Å². The van der Waals surface area contributed by atoms with Crippen molar-refractivity contribution in [3.05, 3.63) is 0 Å². The summed E-state index contributed by atoms with van der Waals surface area (Å²) < 4.78 is 0. The summed E-state index contributed by atoms with van der Waals surface area (Å²) in [6.07, 6.45) is 3.35. The molecule has 0 radical (unpaired) electrons. The van der Waals surface area contributed by atoms with E-state index in [0.717, 1.165) is 32.4 Å². The van der Waals surface area contributed by atoms with Crippen molar-refractivity contribution in [1.82, 2.24) is 10.6 Å². The summed E-state index contributed by atoms with van der Waals surface area (Å²) in [6, 6.07) is 0. The number of hydrogen-bond acceptors (Lipinski definition) is 2. The van der Waals surface area contributed by atoms with Gasteiger partial charge in [0.15, 0.2) is 0 Å². The minimum Gasteiger partial charge on any atom is -0.355 e. The molecule has 3 heteroatoms. The first kappa shape index (κ1) is 13.4. The van der Waals surface area contributed by atoms with Gasteiger partial charge >= 0.3 is 0 Å². The zero-order valence-corrected chi connectivity index (χ0v) is 9.73. The molecule has 2 N–H and O–H groups in total. The molecule has 3 nitrogen and oxygen atoms in total. The maximum absolute atomic E-state index is 11.3. The summed E-state index contributed by atoms with van der Waals surface area (Å²) in [5.41, 5.74) is 0. The lowest BCUT2D eigenvalue weighted by Gasteiger charge is -2.13. The van der Waals surface area contributed by atoms with Crippen molar-refractivity contribution in [1.29, 1.82) is 0 Å². The third kappa shape index (κ3) is 6.89. The van der Waals surface area contributed by atoms with Crippen molar-refractivity contribution in [3.8, 4) is 0 Å². The van der Waals surface area contributed by atoms with Crippen LogP contribution in [0.4, 0.5) is 0 Å². The molecule has 0 heterocycles. The minimum atomic E-state index is 0.116. The van der Waals surface area contributed by atoms with E-state index in [-0.39, 0.29) is 5.91 Å². The molecule has 0 atom stereocenters. The smallest absolute Gasteiger partial charge is 0.233 e. The molecule has 0 aromatic carbocycles. The summed E-state index contributed by atoms with van der Waals surface area (Å²) >= 11 is 0. The first-order chi connectivity index (χ1) is 6.74. The van der Waals surface area contributed by atoms with Gasteiger partial charge in [0.05, 0.1) is 6.54 Å². The van der Waals surface area contributed by atoms with Crippen LogP contribution in [0.15, 0.2) is 0 Å². The number of carbonyl (C=O) groups is 1. The molecule has 0 aromatic heterocycles. The van der Waals surface area contributed by atoms with Gasteiger partial charge in [-0.1, -0.05) is 33.6 Å². The van der Waals surface area contributed by atoms with E-state index in [4.69, 9.17) is 0 Å². The van der Waals surface area contributed by atoms with Crippen LogP contribution in [-0.4, -0.2) is 25.5 Å². The van der Waals surface area contributed by atoms with Gasteiger partial charge in [-0.15, -0.1) is 0 Å². The Bertz CT molecular complexity index is 144. The highest BCUT2D eigenvalue weighted by Gasteiger charge is 2.05. The highest BCUT2D eigenvalue weighted by Crippen LogP contribution is 2.04. The predicted molar refractivity (Wildman–Crippen MR) is 60.2 cm³/mol. The summed E-state index contributed by atoms with van der Waals surface area (Å²) in [5.74, 6) is 0.746. The average Bonchev–Trinajstić information content (AvgIpc) is 2.20. The maximum Gasteiger partial charge on any atom is 0.233 e. The van der Waals surface area contributed by atoms with E-state index in [9.17, 15) is 4.79 Å². The van der Waals surface area contributed by atoms with Crippen LogP contribution in [0.1, 0.15) is 40.0 Å². The number of amides is 1. The lowest BCUT2D eigenvalue weighted by Crippen LogP contribution is -2.36. The van der Waals surface area contributed by atoms with Crippen LogP contribution >= 0.6 is 0 Å². The molecule has 1 amide bonds. The lowest BCUT2D eigenvalue weighted by atomic mass is 10.0. The highest BCUT2D eigenvalue weighted by molar-refractivity contribution is 5.77. The zero-order chi connectivity index (χ0) is 10.8. The SMILES string of the molecule is CCCNCC(=O)NCC(CC)CC. The van der Waals surface area contributed by atoms with Crippen molar-refractivity contribution in [2.75, 3.05) is 19.6 Å². The van der Waals surface area contributed by atoms with E-state index in [2.05, 4.69) is 31.4 Å². The number of nitrogens with one attached hydrogen (secondary N) is 2. The summed E-state index contributed by atoms with van der Waals surface area (Å²) in [6.45, 7) is 8.60. The van der Waals surface area contributed by atoms with Crippen LogP contribution in [0.25, 0.3) is 0 Å². The Labute approximate surface area is 87.6 Å². The van der Waals surface area contributed by atoms with Gasteiger partial charge in [-0.2, -0.15) is 0 Å². The third-order valence-corrected chi connectivity index (χ3v) is 2.45. The molecule has 84 valence electrons. The van der Waals surface area contributed by atoms with Crippen LogP contribution in [-0.2, 0) is 4.79 Å². The van der Waals surface area contributed by atoms with Crippen LogP contribution in [0, 0.1) is 5.92 Å². The number of hydrogen-bond donors (Lipinski definition) is 2. The predicted octanol–water partition coefficient (Wildman–Crippen LogP) is 1.54. The number of carbonyl (C=O) groups excluding carboxylic acids is 1. The second kappa shape index (κ2) is 9.00. The second-order valence-corrected chi connectivity index (χ2v) is 3.66. The molecule has 0 unspecified atom stereocenters. The fraction of sp³-hybridized carbons (Fsp3) is 0.909. The molecular weight excluding hydrogens is 176 g/mol. The van der Waals surface area contributed by atoms with Crippen LogP contribution in [0.5, 0.6) is 0 Å². The molecule has 0 rings (SSSR count). The highest BCUT2D eigenvalue weighted by atomic mass is 16.1. The third-order valence-electron chi connectivity index (χ3n) is 2.45. The fourth-order valence-corrected chi connectivity index (χ4v) is 1.28. The summed E-state index contributed by atoms with van der Waals surface area (Å²) in [7, 11) is 0.